The van der Waals surface area contributed by atoms with Crippen LogP contribution in [0.1, 0.15) is 107 Å². The van der Waals surface area contributed by atoms with Crippen molar-refractivity contribution in [1.82, 2.24) is 4.90 Å². The molecule has 240 valence electrons. The number of halogens is 1. The lowest BCUT2D eigenvalue weighted by atomic mass is 9.53. The maximum Gasteiger partial charge on any atom is 0.306 e. The summed E-state index contributed by atoms with van der Waals surface area (Å²) in [6, 6.07) is 15.0. The molecule has 0 unspecified atom stereocenters. The largest absolute Gasteiger partial charge is 0.485 e. The molecular weight excluding hydrogens is 570 g/mol. The lowest BCUT2D eigenvalue weighted by molar-refractivity contribution is -0.155. The van der Waals surface area contributed by atoms with Crippen molar-refractivity contribution in [3.8, 4) is 11.5 Å². The van der Waals surface area contributed by atoms with Gasteiger partial charge in [-0.05, 0) is 56.1 Å². The van der Waals surface area contributed by atoms with Crippen LogP contribution in [0.4, 0.5) is 0 Å². The maximum atomic E-state index is 13.1. The summed E-state index contributed by atoms with van der Waals surface area (Å²) in [6.45, 7) is 3.78. The second-order valence-corrected chi connectivity index (χ2v) is 13.4. The summed E-state index contributed by atoms with van der Waals surface area (Å²) >= 11 is 0. The van der Waals surface area contributed by atoms with Gasteiger partial charge >= 0.3 is 5.97 Å². The summed E-state index contributed by atoms with van der Waals surface area (Å²) in [5.41, 5.74) is 3.63. The van der Waals surface area contributed by atoms with Gasteiger partial charge in [-0.1, -0.05) is 114 Å². The first-order valence-corrected chi connectivity index (χ1v) is 17.2. The van der Waals surface area contributed by atoms with Crippen molar-refractivity contribution in [3.63, 3.8) is 0 Å². The molecule has 2 aliphatic heterocycles. The number of carbonyl (C=O) groups is 1. The Hall–Kier alpha value is -2.50. The average Bonchev–Trinajstić information content (AvgIpc) is 3.38. The second kappa shape index (κ2) is 15.2. The number of benzene rings is 2. The van der Waals surface area contributed by atoms with Gasteiger partial charge in [0, 0.05) is 29.4 Å². The Kier molecular flexibility index (Phi) is 11.4. The number of piperidine rings is 1. The first-order chi connectivity index (χ1) is 21.1. The normalized spacial score (nSPS) is 26.0. The number of nitrogens with zero attached hydrogens (tertiary/aromatic N) is 1. The van der Waals surface area contributed by atoms with E-state index in [4.69, 9.17) is 14.2 Å². The molecule has 0 aromatic heterocycles. The first-order valence-electron chi connectivity index (χ1n) is 17.2. The van der Waals surface area contributed by atoms with Gasteiger partial charge in [0.25, 0.3) is 0 Å². The lowest BCUT2D eigenvalue weighted by Crippen LogP contribution is -2.65. The summed E-state index contributed by atoms with van der Waals surface area (Å²) in [4.78, 5) is 15.6. The van der Waals surface area contributed by atoms with Crippen LogP contribution >= 0.6 is 12.4 Å². The van der Waals surface area contributed by atoms with E-state index in [2.05, 4.69) is 55.3 Å². The minimum atomic E-state index is -0.374. The van der Waals surface area contributed by atoms with E-state index in [-0.39, 0.29) is 36.0 Å². The smallest absolute Gasteiger partial charge is 0.306 e. The van der Waals surface area contributed by atoms with Crippen LogP contribution < -0.4 is 9.47 Å². The van der Waals surface area contributed by atoms with Crippen molar-refractivity contribution in [1.29, 1.82) is 0 Å². The van der Waals surface area contributed by atoms with E-state index in [1.807, 2.05) is 18.2 Å². The van der Waals surface area contributed by atoms with Gasteiger partial charge < -0.3 is 19.1 Å². The van der Waals surface area contributed by atoms with Crippen LogP contribution in [-0.4, -0.2) is 42.7 Å². The highest BCUT2D eigenvalue weighted by Crippen LogP contribution is 2.62. The summed E-state index contributed by atoms with van der Waals surface area (Å²) in [6.07, 6.45) is 20.4. The van der Waals surface area contributed by atoms with Crippen LogP contribution in [0.3, 0.4) is 0 Å². The monoisotopic (exact) mass is 621 g/mol. The number of likely N-dealkylation sites (N-methyl/N-ethyl adjacent to an activating group) is 1. The Balaban J connectivity index is 0.00000384. The van der Waals surface area contributed by atoms with E-state index < -0.39 is 0 Å². The van der Waals surface area contributed by atoms with Gasteiger partial charge in [0.1, 0.15) is 12.7 Å². The van der Waals surface area contributed by atoms with E-state index in [0.717, 1.165) is 49.3 Å². The molecule has 0 N–H and O–H groups in total. The van der Waals surface area contributed by atoms with Crippen molar-refractivity contribution in [2.24, 2.45) is 5.92 Å². The minimum absolute atomic E-state index is 0. The van der Waals surface area contributed by atoms with Gasteiger partial charge in [0.05, 0.1) is 0 Å². The molecule has 6 heteroatoms. The number of unbranched alkanes of at least 4 members (excludes halogenated alkanes) is 10. The molecule has 2 heterocycles. The zero-order valence-electron chi connectivity index (χ0n) is 26.8. The highest BCUT2D eigenvalue weighted by Gasteiger charge is 2.65. The Labute approximate surface area is 271 Å². The number of ether oxygens (including phenoxy) is 3. The predicted molar refractivity (Wildman–Crippen MR) is 179 cm³/mol. The third-order valence-corrected chi connectivity index (χ3v) is 10.6. The van der Waals surface area contributed by atoms with Crippen molar-refractivity contribution in [3.05, 3.63) is 71.3 Å². The maximum absolute atomic E-state index is 13.1. The molecule has 5 nitrogen and oxygen atoms in total. The molecule has 2 aromatic rings. The van der Waals surface area contributed by atoms with Crippen molar-refractivity contribution >= 4 is 18.4 Å². The highest BCUT2D eigenvalue weighted by molar-refractivity contribution is 5.85. The molecular formula is C38H52ClNO4. The number of hydrogen-bond acceptors (Lipinski definition) is 5. The second-order valence-electron chi connectivity index (χ2n) is 13.4. The molecule has 6 rings (SSSR count). The third kappa shape index (κ3) is 6.70. The molecule has 5 atom stereocenters. The first kappa shape index (κ1) is 32.9. The molecule has 2 aromatic carbocycles. The third-order valence-electron chi connectivity index (χ3n) is 10.6. The Bertz CT molecular complexity index is 1260. The Morgan fingerprint density at radius 1 is 0.932 bits per heavy atom. The molecule has 0 amide bonds. The molecule has 0 saturated carbocycles. The fourth-order valence-corrected chi connectivity index (χ4v) is 8.30. The molecule has 2 bridgehead atoms. The minimum Gasteiger partial charge on any atom is -0.485 e. The molecule has 1 spiro atoms. The van der Waals surface area contributed by atoms with Crippen LogP contribution in [0, 0.1) is 5.92 Å². The topological polar surface area (TPSA) is 48.0 Å². The van der Waals surface area contributed by atoms with E-state index in [1.165, 1.54) is 68.9 Å². The molecule has 2 aliphatic carbocycles. The van der Waals surface area contributed by atoms with Crippen LogP contribution in [0.5, 0.6) is 11.5 Å². The van der Waals surface area contributed by atoms with Gasteiger partial charge in [0.15, 0.2) is 17.6 Å². The molecule has 44 heavy (non-hydrogen) atoms. The Morgan fingerprint density at radius 2 is 1.64 bits per heavy atom. The summed E-state index contributed by atoms with van der Waals surface area (Å²) < 4.78 is 19.5. The Morgan fingerprint density at radius 3 is 2.36 bits per heavy atom. The number of hydrogen-bond donors (Lipinski definition) is 0. The molecule has 0 radical (unpaired) electrons. The zero-order valence-corrected chi connectivity index (χ0v) is 27.6. The van der Waals surface area contributed by atoms with Crippen LogP contribution in [-0.2, 0) is 28.0 Å². The van der Waals surface area contributed by atoms with Crippen molar-refractivity contribution in [2.45, 2.75) is 127 Å². The van der Waals surface area contributed by atoms with E-state index >= 15 is 0 Å². The van der Waals surface area contributed by atoms with Crippen molar-refractivity contribution < 1.29 is 19.0 Å². The molecule has 4 aliphatic rings. The van der Waals surface area contributed by atoms with E-state index in [9.17, 15) is 4.79 Å². The van der Waals surface area contributed by atoms with E-state index in [0.29, 0.717) is 25.0 Å². The van der Waals surface area contributed by atoms with Crippen LogP contribution in [0.2, 0.25) is 0 Å². The zero-order chi connectivity index (χ0) is 29.6. The summed E-state index contributed by atoms with van der Waals surface area (Å²) in [7, 11) is 2.25. The number of esters is 1. The molecule has 1 fully saturated rings. The lowest BCUT2D eigenvalue weighted by Gasteiger charge is -2.56. The summed E-state index contributed by atoms with van der Waals surface area (Å²) in [5.74, 6) is 1.92. The van der Waals surface area contributed by atoms with Gasteiger partial charge in [-0.15, -0.1) is 12.4 Å². The van der Waals surface area contributed by atoms with Crippen molar-refractivity contribution in [2.75, 3.05) is 13.6 Å². The SMILES string of the molecule is CCCCCCCCCCCCCC(=O)O[C@H]1C=C[C@H]2[C@H]3Cc4ccc(OCc5ccccc5)c5c4[C@@]2(CCN3C)[C@H]1O5.Cl. The van der Waals surface area contributed by atoms with Gasteiger partial charge in [-0.2, -0.15) is 0 Å². The number of rotatable bonds is 16. The van der Waals surface area contributed by atoms with Crippen LogP contribution in [0.25, 0.3) is 0 Å². The van der Waals surface area contributed by atoms with Gasteiger partial charge in [-0.25, -0.2) is 0 Å². The van der Waals surface area contributed by atoms with E-state index in [1.54, 1.807) is 0 Å². The number of carbonyl (C=O) groups excluding carboxylic acids is 1. The fourth-order valence-electron chi connectivity index (χ4n) is 8.30. The quantitative estimate of drug-likeness (QED) is 0.107. The van der Waals surface area contributed by atoms with Crippen LogP contribution in [0.15, 0.2) is 54.6 Å². The fraction of sp³-hybridized carbons (Fsp3) is 0.605. The van der Waals surface area contributed by atoms with Gasteiger partial charge in [0.2, 0.25) is 0 Å². The highest BCUT2D eigenvalue weighted by atomic mass is 35.5. The molecule has 1 saturated heterocycles. The average molecular weight is 622 g/mol. The van der Waals surface area contributed by atoms with Gasteiger partial charge in [-0.3, -0.25) is 4.79 Å². The standard InChI is InChI=1S/C38H51NO4.ClH/c1-3-4-5-6-7-8-9-10-11-12-16-19-34(40)42-33-23-21-30-31-26-29-20-22-32(41-27-28-17-14-13-15-18-28)36-35(29)38(30,37(33)43-36)24-25-39(31)2;/h13-15,17-18,20-23,30-31,33,37H,3-12,16,19,24-27H2,1-2H3;1H/t30-,31+,33-,37-,38-;/m0./s1. The summed E-state index contributed by atoms with van der Waals surface area (Å²) in [5, 5.41) is 0. The number of likely N-dealkylation sites (tertiary alicyclic amines) is 1. The predicted octanol–water partition coefficient (Wildman–Crippen LogP) is 8.75.